The van der Waals surface area contributed by atoms with Gasteiger partial charge in [-0.15, -0.1) is 0 Å². The van der Waals surface area contributed by atoms with Crippen molar-refractivity contribution in [1.29, 1.82) is 0 Å². The van der Waals surface area contributed by atoms with Gasteiger partial charge in [-0.3, -0.25) is 4.79 Å². The molecule has 0 spiro atoms. The number of para-hydroxylation sites is 2. The number of anilines is 1. The Morgan fingerprint density at radius 2 is 1.94 bits per heavy atom. The lowest BCUT2D eigenvalue weighted by atomic mass is 10.3. The fourth-order valence-corrected chi connectivity index (χ4v) is 1.91. The van der Waals surface area contributed by atoms with Gasteiger partial charge in [0, 0.05) is 5.02 Å². The first-order valence-corrected chi connectivity index (χ1v) is 5.49. The minimum atomic E-state index is -0.215. The van der Waals surface area contributed by atoms with Crippen molar-refractivity contribution in [2.75, 3.05) is 5.32 Å². The third-order valence-electron chi connectivity index (χ3n) is 2.54. The molecule has 84 valence electrons. The second-order valence-electron chi connectivity index (χ2n) is 3.69. The molecule has 4 heteroatoms. The molecule has 0 atom stereocenters. The second-order valence-corrected chi connectivity index (χ2v) is 4.13. The van der Waals surface area contributed by atoms with Gasteiger partial charge >= 0.3 is 0 Å². The average Bonchev–Trinajstić information content (AvgIpc) is 2.46. The molecule has 1 N–H and O–H groups in total. The van der Waals surface area contributed by atoms with E-state index in [-0.39, 0.29) is 5.91 Å². The summed E-state index contributed by atoms with van der Waals surface area (Å²) >= 11 is 5.87. The van der Waals surface area contributed by atoms with Crippen molar-refractivity contribution in [3.8, 4) is 11.5 Å². The van der Waals surface area contributed by atoms with Crippen molar-refractivity contribution in [3.05, 3.63) is 53.1 Å². The molecule has 0 radical (unpaired) electrons. The molecule has 2 aromatic rings. The standard InChI is InChI=1S/C13H8ClNO2/c14-8-5-6-11-9(7-8)13(16)15-10-3-1-2-4-12(10)17-11/h1-7H,(H,15,16)/i13+2. The summed E-state index contributed by atoms with van der Waals surface area (Å²) in [4.78, 5) is 12.0. The van der Waals surface area contributed by atoms with Crippen LogP contribution in [0.25, 0.3) is 0 Å². The summed E-state index contributed by atoms with van der Waals surface area (Å²) in [5.41, 5.74) is 1.10. The van der Waals surface area contributed by atoms with Crippen molar-refractivity contribution in [2.45, 2.75) is 0 Å². The van der Waals surface area contributed by atoms with Gasteiger partial charge in [0.2, 0.25) is 0 Å². The minimum Gasteiger partial charge on any atom is -0.454 e. The van der Waals surface area contributed by atoms with Gasteiger partial charge in [0.25, 0.3) is 5.91 Å². The van der Waals surface area contributed by atoms with E-state index in [1.54, 1.807) is 30.3 Å². The van der Waals surface area contributed by atoms with Crippen molar-refractivity contribution < 1.29 is 9.53 Å². The van der Waals surface area contributed by atoms with Crippen LogP contribution < -0.4 is 10.1 Å². The predicted octanol–water partition coefficient (Wildman–Crippen LogP) is 3.70. The van der Waals surface area contributed by atoms with Gasteiger partial charge < -0.3 is 10.1 Å². The van der Waals surface area contributed by atoms with E-state index < -0.39 is 0 Å². The summed E-state index contributed by atoms with van der Waals surface area (Å²) in [5, 5.41) is 3.29. The van der Waals surface area contributed by atoms with Crippen LogP contribution in [0.5, 0.6) is 11.5 Å². The van der Waals surface area contributed by atoms with Crippen molar-refractivity contribution >= 4 is 23.2 Å². The molecule has 0 saturated heterocycles. The number of halogens is 1. The molecule has 17 heavy (non-hydrogen) atoms. The average molecular weight is 248 g/mol. The van der Waals surface area contributed by atoms with E-state index in [0.717, 1.165) is 0 Å². The van der Waals surface area contributed by atoms with Crippen LogP contribution in [-0.2, 0) is 0 Å². The first kappa shape index (κ1) is 10.2. The highest BCUT2D eigenvalue weighted by molar-refractivity contribution is 6.31. The maximum atomic E-state index is 12.0. The fraction of sp³-hybridized carbons (Fsp3) is 0. The SMILES string of the molecule is O=[14C]1Nc2ccccc2Oc2ccc(Cl)cc21. The fourth-order valence-electron chi connectivity index (χ4n) is 1.74. The van der Waals surface area contributed by atoms with Crippen LogP contribution in [0.3, 0.4) is 0 Å². The number of carbonyl (C=O) groups excluding carboxylic acids is 1. The molecule has 1 amide bonds. The highest BCUT2D eigenvalue weighted by Gasteiger charge is 2.20. The topological polar surface area (TPSA) is 38.3 Å². The summed E-state index contributed by atoms with van der Waals surface area (Å²) in [6, 6.07) is 12.3. The lowest BCUT2D eigenvalue weighted by molar-refractivity contribution is 0.102. The number of ether oxygens (including phenoxy) is 1. The Morgan fingerprint density at radius 3 is 2.82 bits per heavy atom. The Labute approximate surface area is 103 Å². The van der Waals surface area contributed by atoms with E-state index in [9.17, 15) is 4.79 Å². The Hall–Kier alpha value is -2.00. The van der Waals surface area contributed by atoms with Gasteiger partial charge in [-0.05, 0) is 30.3 Å². The molecule has 1 aliphatic heterocycles. The molecule has 0 saturated carbocycles. The molecule has 3 nitrogen and oxygen atoms in total. The van der Waals surface area contributed by atoms with Crippen LogP contribution in [0, 0.1) is 0 Å². The number of carbonyl (C=O) groups is 1. The minimum absolute atomic E-state index is 0.215. The van der Waals surface area contributed by atoms with E-state index in [0.29, 0.717) is 27.8 Å². The zero-order chi connectivity index (χ0) is 11.8. The molecule has 3 rings (SSSR count). The highest BCUT2D eigenvalue weighted by atomic mass is 35.5. The Morgan fingerprint density at radius 1 is 1.12 bits per heavy atom. The van der Waals surface area contributed by atoms with Gasteiger partial charge in [0.05, 0.1) is 11.3 Å². The normalized spacial score (nSPS) is 12.9. The third-order valence-corrected chi connectivity index (χ3v) is 2.78. The lowest BCUT2D eigenvalue weighted by Gasteiger charge is -2.06. The third kappa shape index (κ3) is 1.74. The van der Waals surface area contributed by atoms with E-state index >= 15 is 0 Å². The van der Waals surface area contributed by atoms with Crippen molar-refractivity contribution in [3.63, 3.8) is 0 Å². The summed E-state index contributed by atoms with van der Waals surface area (Å²) in [6.45, 7) is 0. The molecule has 0 fully saturated rings. The Balaban J connectivity index is 2.17. The smallest absolute Gasteiger partial charge is 0.259 e. The summed E-state index contributed by atoms with van der Waals surface area (Å²) in [6.07, 6.45) is 0. The molecular weight excluding hydrogens is 240 g/mol. The molecule has 1 heterocycles. The first-order chi connectivity index (χ1) is 8.24. The largest absolute Gasteiger partial charge is 0.454 e. The van der Waals surface area contributed by atoms with Gasteiger partial charge in [-0.2, -0.15) is 0 Å². The van der Waals surface area contributed by atoms with E-state index in [1.807, 2.05) is 12.1 Å². The first-order valence-electron chi connectivity index (χ1n) is 5.12. The maximum absolute atomic E-state index is 12.0. The summed E-state index contributed by atoms with van der Waals surface area (Å²) in [7, 11) is 0. The zero-order valence-corrected chi connectivity index (χ0v) is 9.49. The van der Waals surface area contributed by atoms with E-state index in [4.69, 9.17) is 16.3 Å². The van der Waals surface area contributed by atoms with Crippen LogP contribution in [0.15, 0.2) is 42.5 Å². The number of amides is 1. The van der Waals surface area contributed by atoms with Crippen LogP contribution >= 0.6 is 11.6 Å². The van der Waals surface area contributed by atoms with Gasteiger partial charge in [0.1, 0.15) is 5.75 Å². The van der Waals surface area contributed by atoms with Crippen molar-refractivity contribution in [2.24, 2.45) is 0 Å². The van der Waals surface area contributed by atoms with Gasteiger partial charge in [-0.25, -0.2) is 0 Å². The Kier molecular flexibility index (Phi) is 2.27. The number of fused-ring (bicyclic) bond motifs is 2. The quantitative estimate of drug-likeness (QED) is 0.771. The monoisotopic (exact) mass is 247 g/mol. The predicted molar refractivity (Wildman–Crippen MR) is 65.9 cm³/mol. The zero-order valence-electron chi connectivity index (χ0n) is 8.74. The van der Waals surface area contributed by atoms with Crippen LogP contribution in [0.4, 0.5) is 5.69 Å². The molecule has 0 aliphatic carbocycles. The Bertz CT molecular complexity index is 610. The summed E-state index contributed by atoms with van der Waals surface area (Å²) < 4.78 is 5.69. The van der Waals surface area contributed by atoms with Crippen molar-refractivity contribution in [1.82, 2.24) is 0 Å². The van der Waals surface area contributed by atoms with E-state index in [1.165, 1.54) is 0 Å². The van der Waals surface area contributed by atoms with Crippen LogP contribution in [-0.4, -0.2) is 5.91 Å². The van der Waals surface area contributed by atoms with Crippen LogP contribution in [0.1, 0.15) is 10.4 Å². The highest BCUT2D eigenvalue weighted by Crippen LogP contribution is 2.36. The number of hydrogen-bond donors (Lipinski definition) is 1. The number of nitrogens with one attached hydrogen (secondary N) is 1. The van der Waals surface area contributed by atoms with Crippen LogP contribution in [0.2, 0.25) is 5.02 Å². The second kappa shape index (κ2) is 3.79. The number of hydrogen-bond acceptors (Lipinski definition) is 2. The maximum Gasteiger partial charge on any atom is 0.259 e. The molecule has 0 bridgehead atoms. The number of benzene rings is 2. The molecule has 2 aromatic carbocycles. The molecule has 0 unspecified atom stereocenters. The van der Waals surface area contributed by atoms with E-state index in [2.05, 4.69) is 5.32 Å². The van der Waals surface area contributed by atoms with Gasteiger partial charge in [-0.1, -0.05) is 23.7 Å². The molecule has 0 aromatic heterocycles. The number of rotatable bonds is 0. The molecular formula is C13H8ClNO2. The lowest BCUT2D eigenvalue weighted by Crippen LogP contribution is -2.10. The summed E-state index contributed by atoms with van der Waals surface area (Å²) in [5.74, 6) is 0.922. The van der Waals surface area contributed by atoms with Gasteiger partial charge in [0.15, 0.2) is 5.75 Å². The molecule has 1 aliphatic rings.